The van der Waals surface area contributed by atoms with E-state index in [0.29, 0.717) is 12.1 Å². The summed E-state index contributed by atoms with van der Waals surface area (Å²) >= 11 is 0. The molecule has 2 N–H and O–H groups in total. The van der Waals surface area contributed by atoms with Crippen molar-refractivity contribution in [2.45, 2.75) is 30.9 Å². The highest BCUT2D eigenvalue weighted by Gasteiger charge is 2.37. The summed E-state index contributed by atoms with van der Waals surface area (Å²) in [5.41, 5.74) is 1.47. The van der Waals surface area contributed by atoms with Gasteiger partial charge in [-0.25, -0.2) is 8.42 Å². The summed E-state index contributed by atoms with van der Waals surface area (Å²) in [7, 11) is -2.01. The summed E-state index contributed by atoms with van der Waals surface area (Å²) in [5, 5.41) is 12.7. The van der Waals surface area contributed by atoms with E-state index in [2.05, 4.69) is 22.1 Å². The molecule has 1 aliphatic rings. The van der Waals surface area contributed by atoms with E-state index in [1.807, 2.05) is 14.0 Å². The van der Waals surface area contributed by atoms with Gasteiger partial charge < -0.3 is 15.2 Å². The molecule has 1 aliphatic heterocycles. The first-order chi connectivity index (χ1) is 14.4. The molecule has 0 fully saturated rings. The molecule has 1 aromatic carbocycles. The predicted octanol–water partition coefficient (Wildman–Crippen LogP) is 1.47. The predicted molar refractivity (Wildman–Crippen MR) is 115 cm³/mol. The number of fused-ring (bicyclic) bond motifs is 1. The molecule has 0 aliphatic carbocycles. The third-order valence-corrected chi connectivity index (χ3v) is 7.12. The summed E-state index contributed by atoms with van der Waals surface area (Å²) in [6.45, 7) is 4.23. The first kappa shape index (κ1) is 22.2. The van der Waals surface area contributed by atoms with Crippen LogP contribution in [0.4, 0.5) is 0 Å². The van der Waals surface area contributed by atoms with Gasteiger partial charge in [-0.05, 0) is 44.3 Å². The second-order valence-corrected chi connectivity index (χ2v) is 9.30. The van der Waals surface area contributed by atoms with Crippen LogP contribution in [0, 0.1) is 17.8 Å². The van der Waals surface area contributed by atoms with Gasteiger partial charge in [0.15, 0.2) is 0 Å². The summed E-state index contributed by atoms with van der Waals surface area (Å²) < 4.78 is 34.2. The minimum absolute atomic E-state index is 0.0825. The number of hydrogen-bond donors (Lipinski definition) is 2. The Labute approximate surface area is 178 Å². The Morgan fingerprint density at radius 1 is 1.27 bits per heavy atom. The normalized spacial score (nSPS) is 21.9. The number of rotatable bonds is 4. The van der Waals surface area contributed by atoms with Crippen LogP contribution in [0.15, 0.2) is 47.6 Å². The van der Waals surface area contributed by atoms with Crippen LogP contribution < -0.4 is 10.1 Å². The van der Waals surface area contributed by atoms with Crippen LogP contribution in [0.1, 0.15) is 25.0 Å². The first-order valence-electron chi connectivity index (χ1n) is 9.87. The van der Waals surface area contributed by atoms with Gasteiger partial charge in [0.05, 0.1) is 6.61 Å². The Balaban J connectivity index is 2.07. The van der Waals surface area contributed by atoms with Crippen molar-refractivity contribution in [3.8, 4) is 17.6 Å². The van der Waals surface area contributed by atoms with Gasteiger partial charge in [0.25, 0.3) is 0 Å². The number of aliphatic hydroxyl groups excluding tert-OH is 1. The SMILES string of the molecule is CNC[C@H]1Oc2cc(C#Cc3ccncc3)ccc2S(=O)(=O)N([C@H](C)CO)C[C@H]1C. The number of nitrogens with zero attached hydrogens (tertiary/aromatic N) is 2. The van der Waals surface area contributed by atoms with Gasteiger partial charge in [0.2, 0.25) is 10.0 Å². The molecule has 0 bridgehead atoms. The van der Waals surface area contributed by atoms with Gasteiger partial charge >= 0.3 is 0 Å². The Bertz CT molecular complexity index is 1030. The molecule has 160 valence electrons. The zero-order chi connectivity index (χ0) is 21.7. The highest BCUT2D eigenvalue weighted by molar-refractivity contribution is 7.89. The quantitative estimate of drug-likeness (QED) is 0.716. The minimum atomic E-state index is -3.84. The lowest BCUT2D eigenvalue weighted by atomic mass is 10.0. The smallest absolute Gasteiger partial charge is 0.247 e. The summed E-state index contributed by atoms with van der Waals surface area (Å²) in [5.74, 6) is 6.30. The van der Waals surface area contributed by atoms with Gasteiger partial charge in [-0.15, -0.1) is 0 Å². The second kappa shape index (κ2) is 9.58. The molecule has 1 aromatic heterocycles. The van der Waals surface area contributed by atoms with Crippen LogP contribution in [0.2, 0.25) is 0 Å². The number of hydrogen-bond acceptors (Lipinski definition) is 6. The molecule has 0 unspecified atom stereocenters. The van der Waals surface area contributed by atoms with Crippen molar-refractivity contribution in [1.29, 1.82) is 0 Å². The fourth-order valence-corrected chi connectivity index (χ4v) is 5.15. The average molecular weight is 430 g/mol. The fraction of sp³-hybridized carbons (Fsp3) is 0.409. The van der Waals surface area contributed by atoms with Gasteiger partial charge in [0.1, 0.15) is 16.7 Å². The lowest BCUT2D eigenvalue weighted by Gasteiger charge is -2.36. The molecule has 2 heterocycles. The molecule has 8 heteroatoms. The number of ether oxygens (including phenoxy) is 1. The molecular formula is C22H27N3O4S. The molecule has 3 atom stereocenters. The van der Waals surface area contributed by atoms with E-state index in [1.165, 1.54) is 10.4 Å². The molecule has 0 saturated carbocycles. The Kier molecular flexibility index (Phi) is 7.10. The lowest BCUT2D eigenvalue weighted by molar-refractivity contribution is 0.103. The van der Waals surface area contributed by atoms with E-state index in [4.69, 9.17) is 4.74 Å². The molecule has 0 saturated heterocycles. The summed E-state index contributed by atoms with van der Waals surface area (Å²) in [6.07, 6.45) is 3.10. The molecular weight excluding hydrogens is 402 g/mol. The van der Waals surface area contributed by atoms with Crippen molar-refractivity contribution in [1.82, 2.24) is 14.6 Å². The van der Waals surface area contributed by atoms with Crippen molar-refractivity contribution in [2.75, 3.05) is 26.7 Å². The van der Waals surface area contributed by atoms with Crippen LogP contribution in [0.3, 0.4) is 0 Å². The van der Waals surface area contributed by atoms with E-state index < -0.39 is 16.1 Å². The third kappa shape index (κ3) is 4.82. The van der Waals surface area contributed by atoms with Crippen LogP contribution in [0.5, 0.6) is 5.75 Å². The standard InChI is InChI=1S/C22H27N3O4S/c1-16-14-25(17(2)15-26)30(27,28)22-7-6-19(5-4-18-8-10-24-11-9-18)12-20(22)29-21(16)13-23-3/h6-12,16-17,21,23,26H,13-15H2,1-3H3/t16-,17-,21-/m1/s1. The average Bonchev–Trinajstić information content (AvgIpc) is 2.75. The highest BCUT2D eigenvalue weighted by atomic mass is 32.2. The maximum absolute atomic E-state index is 13.4. The molecule has 0 radical (unpaired) electrons. The lowest BCUT2D eigenvalue weighted by Crippen LogP contribution is -2.49. The number of nitrogens with one attached hydrogen (secondary N) is 1. The molecule has 0 amide bonds. The van der Waals surface area contributed by atoms with E-state index >= 15 is 0 Å². The molecule has 3 rings (SSSR count). The second-order valence-electron chi connectivity index (χ2n) is 7.44. The van der Waals surface area contributed by atoms with Gasteiger partial charge in [-0.2, -0.15) is 4.31 Å². The largest absolute Gasteiger partial charge is 0.487 e. The maximum Gasteiger partial charge on any atom is 0.247 e. The molecule has 2 aromatic rings. The first-order valence-corrected chi connectivity index (χ1v) is 11.3. The minimum Gasteiger partial charge on any atom is -0.487 e. The Morgan fingerprint density at radius 2 is 1.97 bits per heavy atom. The van der Waals surface area contributed by atoms with Crippen molar-refractivity contribution in [3.63, 3.8) is 0 Å². The van der Waals surface area contributed by atoms with Crippen LogP contribution in [0.25, 0.3) is 0 Å². The third-order valence-electron chi connectivity index (χ3n) is 5.10. The maximum atomic E-state index is 13.4. The van der Waals surface area contributed by atoms with Crippen LogP contribution >= 0.6 is 0 Å². The topological polar surface area (TPSA) is 91.8 Å². The van der Waals surface area contributed by atoms with Crippen LogP contribution in [-0.2, 0) is 10.0 Å². The molecule has 7 nitrogen and oxygen atoms in total. The van der Waals surface area contributed by atoms with Gasteiger partial charge in [-0.1, -0.05) is 18.8 Å². The van der Waals surface area contributed by atoms with E-state index in [1.54, 1.807) is 43.6 Å². The number of aliphatic hydroxyl groups is 1. The number of aromatic nitrogens is 1. The number of pyridine rings is 1. The van der Waals surface area contributed by atoms with Crippen molar-refractivity contribution < 1.29 is 18.3 Å². The van der Waals surface area contributed by atoms with Gasteiger partial charge in [0, 0.05) is 48.6 Å². The fourth-order valence-electron chi connectivity index (χ4n) is 3.33. The zero-order valence-electron chi connectivity index (χ0n) is 17.4. The number of likely N-dealkylation sites (N-methyl/N-ethyl adjacent to an activating group) is 1. The molecule has 0 spiro atoms. The summed E-state index contributed by atoms with van der Waals surface area (Å²) in [6, 6.07) is 7.95. The number of sulfonamides is 1. The zero-order valence-corrected chi connectivity index (χ0v) is 18.2. The van der Waals surface area contributed by atoms with E-state index in [0.717, 1.165) is 5.56 Å². The number of benzene rings is 1. The monoisotopic (exact) mass is 429 g/mol. The highest BCUT2D eigenvalue weighted by Crippen LogP contribution is 2.33. The van der Waals surface area contributed by atoms with Crippen molar-refractivity contribution >= 4 is 10.0 Å². The van der Waals surface area contributed by atoms with E-state index in [9.17, 15) is 13.5 Å². The molecule has 30 heavy (non-hydrogen) atoms. The van der Waals surface area contributed by atoms with Crippen molar-refractivity contribution in [3.05, 3.63) is 53.9 Å². The Morgan fingerprint density at radius 3 is 2.63 bits per heavy atom. The summed E-state index contributed by atoms with van der Waals surface area (Å²) in [4.78, 5) is 4.06. The van der Waals surface area contributed by atoms with Crippen LogP contribution in [-0.4, -0.2) is 61.7 Å². The van der Waals surface area contributed by atoms with Crippen molar-refractivity contribution in [2.24, 2.45) is 5.92 Å². The van der Waals surface area contributed by atoms with Gasteiger partial charge in [-0.3, -0.25) is 4.98 Å². The van der Waals surface area contributed by atoms with E-state index in [-0.39, 0.29) is 35.8 Å². The Hall–Kier alpha value is -2.44.